The molecule has 0 heterocycles. The maximum atomic E-state index is 11.3. The Morgan fingerprint density at radius 2 is 1.75 bits per heavy atom. The van der Waals surface area contributed by atoms with E-state index >= 15 is 0 Å². The Kier molecular flexibility index (Phi) is 3.05. The molecule has 0 aliphatic carbocycles. The van der Waals surface area contributed by atoms with Gasteiger partial charge in [0, 0.05) is 5.41 Å². The molecule has 0 unspecified atom stereocenters. The lowest BCUT2D eigenvalue weighted by Gasteiger charge is -1.95. The van der Waals surface area contributed by atoms with Crippen molar-refractivity contribution in [3.8, 4) is 0 Å². The van der Waals surface area contributed by atoms with Crippen molar-refractivity contribution >= 4 is 25.8 Å². The van der Waals surface area contributed by atoms with Crippen LogP contribution in [-0.4, -0.2) is 8.42 Å². The van der Waals surface area contributed by atoms with Gasteiger partial charge >= 0.3 is 0 Å². The zero-order valence-corrected chi connectivity index (χ0v) is 8.55. The topological polar surface area (TPSA) is 34.1 Å². The summed E-state index contributed by atoms with van der Waals surface area (Å²) in [5, 5.41) is 1.11. The van der Waals surface area contributed by atoms with Gasteiger partial charge in [-0.2, -0.15) is 0 Å². The van der Waals surface area contributed by atoms with Crippen molar-refractivity contribution < 1.29 is 8.42 Å². The van der Waals surface area contributed by atoms with Crippen LogP contribution in [0.5, 0.6) is 0 Å². The summed E-state index contributed by atoms with van der Waals surface area (Å²) in [5.74, 6) is 0. The molecule has 0 bridgehead atoms. The van der Waals surface area contributed by atoms with Crippen molar-refractivity contribution in [2.45, 2.75) is 4.90 Å². The molecule has 0 aliphatic rings. The molecule has 0 spiro atoms. The Balaban J connectivity index is 3.16. The van der Waals surface area contributed by atoms with E-state index < -0.39 is 9.84 Å². The maximum absolute atomic E-state index is 11.3. The van der Waals surface area contributed by atoms with Crippen LogP contribution < -0.4 is 0 Å². The predicted molar refractivity (Wildman–Crippen MR) is 51.7 cm³/mol. The van der Waals surface area contributed by atoms with Crippen LogP contribution in [0.3, 0.4) is 0 Å². The van der Waals surface area contributed by atoms with Crippen LogP contribution in [0.15, 0.2) is 45.6 Å². The first-order valence-electron chi connectivity index (χ1n) is 3.24. The van der Waals surface area contributed by atoms with Crippen molar-refractivity contribution in [2.24, 2.45) is 0 Å². The van der Waals surface area contributed by atoms with E-state index in [9.17, 15) is 8.42 Å². The number of halogens is 1. The number of sulfone groups is 1. The van der Waals surface area contributed by atoms with E-state index in [4.69, 9.17) is 0 Å². The number of hydrogen-bond donors (Lipinski definition) is 0. The zero-order chi connectivity index (χ0) is 9.03. The fourth-order valence-electron chi connectivity index (χ4n) is 0.756. The van der Waals surface area contributed by atoms with Gasteiger partial charge in [0.1, 0.15) is 0 Å². The highest BCUT2D eigenvalue weighted by Crippen LogP contribution is 2.11. The lowest BCUT2D eigenvalue weighted by molar-refractivity contribution is 0.604. The van der Waals surface area contributed by atoms with Gasteiger partial charge in [-0.05, 0) is 17.1 Å². The van der Waals surface area contributed by atoms with Gasteiger partial charge in [-0.25, -0.2) is 8.42 Å². The first-order chi connectivity index (χ1) is 5.67. The Morgan fingerprint density at radius 3 is 2.25 bits per heavy atom. The summed E-state index contributed by atoms with van der Waals surface area (Å²) < 4.78 is 22.6. The standard InChI is InChI=1S/C8H7BrO2S/c9-6-7-12(10,11)8-4-2-1-3-5-8/h1-7H/b7-6-. The molecule has 0 saturated heterocycles. The van der Waals surface area contributed by atoms with Gasteiger partial charge in [0.15, 0.2) is 9.84 Å². The van der Waals surface area contributed by atoms with Crippen LogP contribution in [0.4, 0.5) is 0 Å². The summed E-state index contributed by atoms with van der Waals surface area (Å²) in [6.07, 6.45) is 0. The normalized spacial score (nSPS) is 12.1. The van der Waals surface area contributed by atoms with Gasteiger partial charge in [0.2, 0.25) is 0 Å². The van der Waals surface area contributed by atoms with Crippen molar-refractivity contribution in [3.05, 3.63) is 40.7 Å². The van der Waals surface area contributed by atoms with Gasteiger partial charge in [0.25, 0.3) is 0 Å². The average molecular weight is 247 g/mol. The van der Waals surface area contributed by atoms with Crippen LogP contribution in [0.2, 0.25) is 0 Å². The molecule has 4 heteroatoms. The molecular weight excluding hydrogens is 240 g/mol. The molecule has 0 atom stereocenters. The molecular formula is C8H7BrO2S. The van der Waals surface area contributed by atoms with Crippen LogP contribution >= 0.6 is 15.9 Å². The molecule has 0 aliphatic heterocycles. The minimum absolute atomic E-state index is 0.306. The largest absolute Gasteiger partial charge is 0.219 e. The molecule has 0 N–H and O–H groups in total. The third-order valence-electron chi connectivity index (χ3n) is 1.30. The SMILES string of the molecule is O=S(=O)(/C=C\Br)c1ccccc1. The first kappa shape index (κ1) is 9.48. The van der Waals surface area contributed by atoms with E-state index in [1.807, 2.05) is 0 Å². The van der Waals surface area contributed by atoms with Gasteiger partial charge in [-0.15, -0.1) is 0 Å². The third kappa shape index (κ3) is 2.19. The van der Waals surface area contributed by atoms with Crippen molar-refractivity contribution in [3.63, 3.8) is 0 Å². The molecule has 1 aromatic carbocycles. The van der Waals surface area contributed by atoms with E-state index in [-0.39, 0.29) is 0 Å². The predicted octanol–water partition coefficient (Wildman–Crippen LogP) is 2.33. The zero-order valence-electron chi connectivity index (χ0n) is 6.14. The second-order valence-electron chi connectivity index (χ2n) is 2.12. The van der Waals surface area contributed by atoms with E-state index in [1.165, 1.54) is 4.99 Å². The molecule has 0 radical (unpaired) electrons. The molecule has 1 rings (SSSR count). The third-order valence-corrected chi connectivity index (χ3v) is 3.34. The molecule has 0 fully saturated rings. The average Bonchev–Trinajstić information content (AvgIpc) is 2.06. The van der Waals surface area contributed by atoms with E-state index in [0.29, 0.717) is 4.90 Å². The van der Waals surface area contributed by atoms with E-state index in [0.717, 1.165) is 5.41 Å². The van der Waals surface area contributed by atoms with Crippen molar-refractivity contribution in [2.75, 3.05) is 0 Å². The number of rotatable bonds is 2. The molecule has 2 nitrogen and oxygen atoms in total. The van der Waals surface area contributed by atoms with E-state index in [2.05, 4.69) is 15.9 Å². The minimum Gasteiger partial charge on any atom is -0.219 e. The summed E-state index contributed by atoms with van der Waals surface area (Å²) in [5.41, 5.74) is 0. The Hall–Kier alpha value is -0.610. The highest BCUT2D eigenvalue weighted by molar-refractivity contribution is 9.11. The maximum Gasteiger partial charge on any atom is 0.200 e. The summed E-state index contributed by atoms with van der Waals surface area (Å²) in [6, 6.07) is 8.27. The highest BCUT2D eigenvalue weighted by atomic mass is 79.9. The first-order valence-corrected chi connectivity index (χ1v) is 5.70. The fraction of sp³-hybridized carbons (Fsp3) is 0. The molecule has 64 valence electrons. The van der Waals surface area contributed by atoms with Crippen LogP contribution in [0.25, 0.3) is 0 Å². The summed E-state index contributed by atoms with van der Waals surface area (Å²) in [4.78, 5) is 1.63. The van der Waals surface area contributed by atoms with Crippen molar-refractivity contribution in [1.82, 2.24) is 0 Å². The molecule has 1 aromatic rings. The fourth-order valence-corrected chi connectivity index (χ4v) is 2.44. The monoisotopic (exact) mass is 246 g/mol. The summed E-state index contributed by atoms with van der Waals surface area (Å²) in [7, 11) is -3.24. The lowest BCUT2D eigenvalue weighted by atomic mass is 10.4. The molecule has 0 saturated carbocycles. The minimum atomic E-state index is -3.24. The summed E-state index contributed by atoms with van der Waals surface area (Å²) >= 11 is 2.92. The molecule has 0 aromatic heterocycles. The highest BCUT2D eigenvalue weighted by Gasteiger charge is 2.07. The van der Waals surface area contributed by atoms with Gasteiger partial charge in [-0.1, -0.05) is 34.1 Å². The molecule has 12 heavy (non-hydrogen) atoms. The Labute approximate surface area is 80.0 Å². The second-order valence-corrected chi connectivity index (χ2v) is 4.48. The van der Waals surface area contributed by atoms with Gasteiger partial charge in [0.05, 0.1) is 4.90 Å². The van der Waals surface area contributed by atoms with Gasteiger partial charge in [-0.3, -0.25) is 0 Å². The smallest absolute Gasteiger partial charge is 0.200 e. The lowest BCUT2D eigenvalue weighted by Crippen LogP contribution is -1.94. The summed E-state index contributed by atoms with van der Waals surface area (Å²) in [6.45, 7) is 0. The van der Waals surface area contributed by atoms with Crippen molar-refractivity contribution in [1.29, 1.82) is 0 Å². The Morgan fingerprint density at radius 1 is 1.17 bits per heavy atom. The van der Waals surface area contributed by atoms with Crippen LogP contribution in [-0.2, 0) is 9.84 Å². The van der Waals surface area contributed by atoms with Gasteiger partial charge < -0.3 is 0 Å². The second kappa shape index (κ2) is 3.87. The quantitative estimate of drug-likeness (QED) is 0.803. The number of benzene rings is 1. The van der Waals surface area contributed by atoms with E-state index in [1.54, 1.807) is 30.3 Å². The Bertz CT molecular complexity index is 367. The number of hydrogen-bond acceptors (Lipinski definition) is 2. The molecule has 0 amide bonds. The van der Waals surface area contributed by atoms with Crippen LogP contribution in [0, 0.1) is 0 Å². The van der Waals surface area contributed by atoms with Crippen LogP contribution in [0.1, 0.15) is 0 Å².